The summed E-state index contributed by atoms with van der Waals surface area (Å²) in [6.07, 6.45) is 0. The Balaban J connectivity index is 2.78. The molecule has 0 bridgehead atoms. The fourth-order valence-corrected chi connectivity index (χ4v) is 1.66. The summed E-state index contributed by atoms with van der Waals surface area (Å²) >= 11 is 0. The van der Waals surface area contributed by atoms with Gasteiger partial charge in [-0.1, -0.05) is 24.3 Å². The summed E-state index contributed by atoms with van der Waals surface area (Å²) in [4.78, 5) is 11.9. The topological polar surface area (TPSA) is 72.5 Å². The van der Waals surface area contributed by atoms with E-state index in [0.717, 1.165) is 11.1 Å². The molecule has 0 aliphatic heterocycles. The summed E-state index contributed by atoms with van der Waals surface area (Å²) in [5.41, 5.74) is 6.97. The van der Waals surface area contributed by atoms with Crippen LogP contribution in [0.15, 0.2) is 24.3 Å². The van der Waals surface area contributed by atoms with Crippen molar-refractivity contribution in [3.63, 3.8) is 0 Å². The molecule has 0 aliphatic carbocycles. The summed E-state index contributed by atoms with van der Waals surface area (Å²) in [7, 11) is 0. The van der Waals surface area contributed by atoms with E-state index >= 15 is 0 Å². The van der Waals surface area contributed by atoms with E-state index in [-0.39, 0.29) is 24.5 Å². The molecule has 1 aromatic rings. The Morgan fingerprint density at radius 3 is 2.16 bits per heavy atom. The number of aliphatic hydroxyl groups excluding tert-OH is 1. The van der Waals surface area contributed by atoms with Crippen LogP contribution in [0.25, 0.3) is 0 Å². The van der Waals surface area contributed by atoms with Gasteiger partial charge in [-0.3, -0.25) is 4.79 Å². The van der Waals surface area contributed by atoms with Crippen molar-refractivity contribution < 1.29 is 14.6 Å². The molecule has 1 aromatic carbocycles. The van der Waals surface area contributed by atoms with E-state index in [9.17, 15) is 4.79 Å². The SMILES string of the molecule is CC(C(=O)OC(C)(C)C)c1ccc(C(N)CO)cc1. The molecule has 0 amide bonds. The predicted molar refractivity (Wildman–Crippen MR) is 74.7 cm³/mol. The molecule has 0 saturated heterocycles. The van der Waals surface area contributed by atoms with Crippen molar-refractivity contribution in [3.8, 4) is 0 Å². The lowest BCUT2D eigenvalue weighted by atomic mass is 9.98. The molecule has 0 spiro atoms. The molecule has 2 atom stereocenters. The van der Waals surface area contributed by atoms with Gasteiger partial charge < -0.3 is 15.6 Å². The summed E-state index contributed by atoms with van der Waals surface area (Å²) < 4.78 is 5.35. The van der Waals surface area contributed by atoms with Gasteiger partial charge in [0.15, 0.2) is 0 Å². The number of benzene rings is 1. The minimum absolute atomic E-state index is 0.0963. The molecule has 4 nitrogen and oxygen atoms in total. The summed E-state index contributed by atoms with van der Waals surface area (Å²) in [6, 6.07) is 6.97. The van der Waals surface area contributed by atoms with Gasteiger partial charge in [-0.15, -0.1) is 0 Å². The maximum atomic E-state index is 11.9. The molecule has 1 rings (SSSR count). The number of ether oxygens (including phenoxy) is 1. The number of esters is 1. The highest BCUT2D eigenvalue weighted by atomic mass is 16.6. The second-order valence-electron chi connectivity index (χ2n) is 5.71. The number of rotatable bonds is 4. The predicted octanol–water partition coefficient (Wildman–Crippen LogP) is 2.12. The largest absolute Gasteiger partial charge is 0.460 e. The van der Waals surface area contributed by atoms with E-state index < -0.39 is 5.60 Å². The second kappa shape index (κ2) is 6.17. The molecule has 0 aliphatic rings. The van der Waals surface area contributed by atoms with Crippen LogP contribution in [0.1, 0.15) is 50.8 Å². The van der Waals surface area contributed by atoms with Crippen LogP contribution in [0, 0.1) is 0 Å². The first-order valence-electron chi connectivity index (χ1n) is 6.43. The third-order valence-corrected chi connectivity index (χ3v) is 2.82. The minimum Gasteiger partial charge on any atom is -0.460 e. The fourth-order valence-electron chi connectivity index (χ4n) is 1.66. The zero-order valence-corrected chi connectivity index (χ0v) is 12.0. The average Bonchev–Trinajstić information content (AvgIpc) is 2.35. The van der Waals surface area contributed by atoms with Crippen LogP contribution in [0.3, 0.4) is 0 Å². The highest BCUT2D eigenvalue weighted by molar-refractivity contribution is 5.78. The Labute approximate surface area is 114 Å². The van der Waals surface area contributed by atoms with Crippen molar-refractivity contribution in [2.45, 2.75) is 45.3 Å². The van der Waals surface area contributed by atoms with E-state index in [4.69, 9.17) is 15.6 Å². The quantitative estimate of drug-likeness (QED) is 0.818. The summed E-state index contributed by atoms with van der Waals surface area (Å²) in [5.74, 6) is -0.565. The summed E-state index contributed by atoms with van der Waals surface area (Å²) in [5, 5.41) is 8.98. The van der Waals surface area contributed by atoms with Gasteiger partial charge in [0.1, 0.15) is 5.60 Å². The number of carbonyl (C=O) groups is 1. The molecule has 106 valence electrons. The van der Waals surface area contributed by atoms with Gasteiger partial charge in [-0.25, -0.2) is 0 Å². The van der Waals surface area contributed by atoms with Crippen LogP contribution in [-0.4, -0.2) is 23.3 Å². The highest BCUT2D eigenvalue weighted by Gasteiger charge is 2.22. The van der Waals surface area contributed by atoms with Crippen LogP contribution in [0.4, 0.5) is 0 Å². The van der Waals surface area contributed by atoms with Gasteiger partial charge in [-0.05, 0) is 38.8 Å². The third-order valence-electron chi connectivity index (χ3n) is 2.82. The lowest BCUT2D eigenvalue weighted by Crippen LogP contribution is -2.26. The molecular weight excluding hydrogens is 242 g/mol. The molecule has 2 unspecified atom stereocenters. The molecule has 0 fully saturated rings. The third kappa shape index (κ3) is 4.65. The van der Waals surface area contributed by atoms with Crippen molar-refractivity contribution in [1.29, 1.82) is 0 Å². The Morgan fingerprint density at radius 2 is 1.74 bits per heavy atom. The lowest BCUT2D eigenvalue weighted by molar-refractivity contribution is -0.156. The zero-order chi connectivity index (χ0) is 14.6. The van der Waals surface area contributed by atoms with Gasteiger partial charge in [0.25, 0.3) is 0 Å². The second-order valence-corrected chi connectivity index (χ2v) is 5.71. The van der Waals surface area contributed by atoms with E-state index in [1.54, 1.807) is 0 Å². The van der Waals surface area contributed by atoms with Gasteiger partial charge in [0.2, 0.25) is 0 Å². The molecule has 4 heteroatoms. The normalized spacial score (nSPS) is 14.8. The molecule has 3 N–H and O–H groups in total. The van der Waals surface area contributed by atoms with Crippen LogP contribution >= 0.6 is 0 Å². The number of carbonyl (C=O) groups excluding carboxylic acids is 1. The van der Waals surface area contributed by atoms with E-state index in [2.05, 4.69) is 0 Å². The lowest BCUT2D eigenvalue weighted by Gasteiger charge is -2.22. The van der Waals surface area contributed by atoms with Crippen molar-refractivity contribution in [1.82, 2.24) is 0 Å². The number of aliphatic hydroxyl groups is 1. The number of nitrogens with two attached hydrogens (primary N) is 1. The molecule has 0 aromatic heterocycles. The maximum absolute atomic E-state index is 11.9. The molecule has 0 heterocycles. The molecule has 19 heavy (non-hydrogen) atoms. The average molecular weight is 265 g/mol. The molecular formula is C15H23NO3. The molecule has 0 saturated carbocycles. The van der Waals surface area contributed by atoms with E-state index in [0.29, 0.717) is 0 Å². The highest BCUT2D eigenvalue weighted by Crippen LogP contribution is 2.21. The smallest absolute Gasteiger partial charge is 0.313 e. The van der Waals surface area contributed by atoms with Crippen molar-refractivity contribution >= 4 is 5.97 Å². The van der Waals surface area contributed by atoms with Crippen molar-refractivity contribution in [2.24, 2.45) is 5.73 Å². The maximum Gasteiger partial charge on any atom is 0.313 e. The fraction of sp³-hybridized carbons (Fsp3) is 0.533. The van der Waals surface area contributed by atoms with Crippen LogP contribution < -0.4 is 5.73 Å². The van der Waals surface area contributed by atoms with Crippen LogP contribution in [-0.2, 0) is 9.53 Å². The molecule has 0 radical (unpaired) electrons. The first-order chi connectivity index (χ1) is 8.74. The monoisotopic (exact) mass is 265 g/mol. The number of hydrogen-bond acceptors (Lipinski definition) is 4. The van der Waals surface area contributed by atoms with Gasteiger partial charge >= 0.3 is 5.97 Å². The first-order valence-corrected chi connectivity index (χ1v) is 6.43. The van der Waals surface area contributed by atoms with Crippen molar-refractivity contribution in [2.75, 3.05) is 6.61 Å². The first kappa shape index (κ1) is 15.7. The van der Waals surface area contributed by atoms with Crippen LogP contribution in [0.5, 0.6) is 0 Å². The van der Waals surface area contributed by atoms with Gasteiger partial charge in [0, 0.05) is 0 Å². The Bertz CT molecular complexity index is 420. The Kier molecular flexibility index (Phi) is 5.09. The van der Waals surface area contributed by atoms with Gasteiger partial charge in [-0.2, -0.15) is 0 Å². The van der Waals surface area contributed by atoms with Crippen molar-refractivity contribution in [3.05, 3.63) is 35.4 Å². The van der Waals surface area contributed by atoms with E-state index in [1.165, 1.54) is 0 Å². The Morgan fingerprint density at radius 1 is 1.26 bits per heavy atom. The van der Waals surface area contributed by atoms with Crippen LogP contribution in [0.2, 0.25) is 0 Å². The van der Waals surface area contributed by atoms with E-state index in [1.807, 2.05) is 52.0 Å². The number of hydrogen-bond donors (Lipinski definition) is 2. The summed E-state index contributed by atoms with van der Waals surface area (Å²) in [6.45, 7) is 7.26. The Hall–Kier alpha value is -1.39. The standard InChI is InChI=1S/C15H23NO3/c1-10(14(18)19-15(2,3)4)11-5-7-12(8-6-11)13(16)9-17/h5-8,10,13,17H,9,16H2,1-4H3. The zero-order valence-electron chi connectivity index (χ0n) is 12.0. The van der Waals surface area contributed by atoms with Gasteiger partial charge in [0.05, 0.1) is 18.6 Å². The minimum atomic E-state index is -0.482.